The van der Waals surface area contributed by atoms with Crippen LogP contribution in [0.15, 0.2) is 0 Å². The van der Waals surface area contributed by atoms with Gasteiger partial charge in [-0.1, -0.05) is 29.3 Å². The highest BCUT2D eigenvalue weighted by atomic mass is 79.9. The lowest BCUT2D eigenvalue weighted by molar-refractivity contribution is -0.123. The highest BCUT2D eigenvalue weighted by molar-refractivity contribution is 9.10. The van der Waals surface area contributed by atoms with Gasteiger partial charge in [-0.15, -0.1) is 0 Å². The van der Waals surface area contributed by atoms with Gasteiger partial charge in [0.1, 0.15) is 5.78 Å². The van der Waals surface area contributed by atoms with Crippen molar-refractivity contribution < 1.29 is 4.79 Å². The minimum atomic E-state index is 0.0516. The second-order valence-corrected chi connectivity index (χ2v) is 5.52. The van der Waals surface area contributed by atoms with E-state index in [2.05, 4.69) is 22.9 Å². The molecule has 0 saturated heterocycles. The molecule has 1 fully saturated rings. The van der Waals surface area contributed by atoms with Crippen molar-refractivity contribution in [1.82, 2.24) is 0 Å². The number of halogens is 1. The Hall–Kier alpha value is 0.150. The number of carbonyl (C=O) groups excluding carboxylic acids is 1. The van der Waals surface area contributed by atoms with Crippen molar-refractivity contribution in [2.75, 3.05) is 0 Å². The van der Waals surface area contributed by atoms with E-state index < -0.39 is 0 Å². The summed E-state index contributed by atoms with van der Waals surface area (Å²) >= 11 is 3.36. The molecular formula is C11H19BrO. The maximum Gasteiger partial charge on any atom is 0.149 e. The summed E-state index contributed by atoms with van der Waals surface area (Å²) in [7, 11) is 0. The fraction of sp³-hybridized carbons (Fsp3) is 0.909. The van der Waals surface area contributed by atoms with Crippen LogP contribution >= 0.6 is 15.9 Å². The van der Waals surface area contributed by atoms with Gasteiger partial charge in [-0.3, -0.25) is 4.79 Å². The molecule has 0 amide bonds. The minimum Gasteiger partial charge on any atom is -0.298 e. The third-order valence-corrected chi connectivity index (χ3v) is 3.67. The molecule has 0 radical (unpaired) electrons. The lowest BCUT2D eigenvalue weighted by Crippen LogP contribution is -2.26. The van der Waals surface area contributed by atoms with Crippen molar-refractivity contribution in [3.8, 4) is 0 Å². The predicted octanol–water partition coefficient (Wildman–Crippen LogP) is 3.56. The van der Waals surface area contributed by atoms with E-state index in [9.17, 15) is 4.79 Å². The summed E-state index contributed by atoms with van der Waals surface area (Å²) in [6, 6.07) is 0. The number of carbonyl (C=O) groups is 1. The van der Waals surface area contributed by atoms with E-state index in [0.29, 0.717) is 11.7 Å². The van der Waals surface area contributed by atoms with Crippen LogP contribution in [0.1, 0.15) is 46.0 Å². The van der Waals surface area contributed by atoms with Crippen molar-refractivity contribution >= 4 is 21.7 Å². The first-order valence-electron chi connectivity index (χ1n) is 5.33. The molecule has 0 aromatic heterocycles. The van der Waals surface area contributed by atoms with Gasteiger partial charge in [-0.25, -0.2) is 0 Å². The van der Waals surface area contributed by atoms with Crippen molar-refractivity contribution in [3.63, 3.8) is 0 Å². The molecular weight excluding hydrogens is 228 g/mol. The summed E-state index contributed by atoms with van der Waals surface area (Å²) in [4.78, 5) is 11.7. The molecule has 0 heterocycles. The summed E-state index contributed by atoms with van der Waals surface area (Å²) in [6.45, 7) is 4.19. The monoisotopic (exact) mass is 246 g/mol. The molecule has 1 saturated carbocycles. The second kappa shape index (κ2) is 5.14. The summed E-state index contributed by atoms with van der Waals surface area (Å²) in [5.74, 6) is 1.64. The zero-order chi connectivity index (χ0) is 9.84. The third-order valence-electron chi connectivity index (χ3n) is 3.22. The van der Waals surface area contributed by atoms with E-state index >= 15 is 0 Å². The van der Waals surface area contributed by atoms with Crippen LogP contribution in [0.4, 0.5) is 0 Å². The summed E-state index contributed by atoms with van der Waals surface area (Å²) < 4.78 is 0. The van der Waals surface area contributed by atoms with Gasteiger partial charge in [-0.2, -0.15) is 0 Å². The van der Waals surface area contributed by atoms with E-state index in [1.165, 1.54) is 19.3 Å². The van der Waals surface area contributed by atoms with Crippen LogP contribution in [0.25, 0.3) is 0 Å². The van der Waals surface area contributed by atoms with Crippen molar-refractivity contribution in [1.29, 1.82) is 0 Å². The Labute approximate surface area is 89.4 Å². The van der Waals surface area contributed by atoms with Crippen molar-refractivity contribution in [3.05, 3.63) is 0 Å². The second-order valence-electron chi connectivity index (χ2n) is 4.14. The van der Waals surface area contributed by atoms with Crippen molar-refractivity contribution in [2.24, 2.45) is 11.8 Å². The molecule has 0 bridgehead atoms. The van der Waals surface area contributed by atoms with Crippen LogP contribution in [0.2, 0.25) is 0 Å². The van der Waals surface area contributed by atoms with Crippen LogP contribution in [0, 0.1) is 11.8 Å². The normalized spacial score (nSPS) is 31.3. The fourth-order valence-electron chi connectivity index (χ4n) is 2.18. The molecule has 13 heavy (non-hydrogen) atoms. The Bertz CT molecular complexity index is 169. The van der Waals surface area contributed by atoms with Gasteiger partial charge in [0.05, 0.1) is 4.83 Å². The van der Waals surface area contributed by atoms with Crippen LogP contribution in [-0.4, -0.2) is 10.6 Å². The topological polar surface area (TPSA) is 17.1 Å². The molecule has 1 unspecified atom stereocenters. The first kappa shape index (κ1) is 11.2. The van der Waals surface area contributed by atoms with Crippen LogP contribution < -0.4 is 0 Å². The number of hydrogen-bond acceptors (Lipinski definition) is 1. The third kappa shape index (κ3) is 3.08. The minimum absolute atomic E-state index is 0.0516. The molecule has 1 nitrogen and oxygen atoms in total. The van der Waals surface area contributed by atoms with Gasteiger partial charge < -0.3 is 0 Å². The molecule has 1 aliphatic rings. The Morgan fingerprint density at radius 2 is 1.92 bits per heavy atom. The number of alkyl halides is 1. The molecule has 1 aliphatic carbocycles. The van der Waals surface area contributed by atoms with E-state index in [-0.39, 0.29) is 4.83 Å². The Balaban J connectivity index is 2.36. The smallest absolute Gasteiger partial charge is 0.149 e. The average molecular weight is 247 g/mol. The Morgan fingerprint density at radius 3 is 2.31 bits per heavy atom. The number of rotatable bonds is 3. The van der Waals surface area contributed by atoms with Gasteiger partial charge in [0.15, 0.2) is 0 Å². The first-order chi connectivity index (χ1) is 6.15. The van der Waals surface area contributed by atoms with Crippen molar-refractivity contribution in [2.45, 2.75) is 50.8 Å². The van der Waals surface area contributed by atoms with Gasteiger partial charge in [0, 0.05) is 5.92 Å². The van der Waals surface area contributed by atoms with E-state index in [4.69, 9.17) is 0 Å². The average Bonchev–Trinajstić information content (AvgIpc) is 2.17. The fourth-order valence-corrected chi connectivity index (χ4v) is 2.55. The Morgan fingerprint density at radius 1 is 1.38 bits per heavy atom. The number of ketones is 1. The molecule has 2 heteroatoms. The number of hydrogen-bond donors (Lipinski definition) is 0. The largest absolute Gasteiger partial charge is 0.298 e. The highest BCUT2D eigenvalue weighted by Crippen LogP contribution is 2.32. The SMILES string of the molecule is CCC1CCC(C(=O)C(C)Br)CC1. The standard InChI is InChI=1S/C11H19BrO/c1-3-9-4-6-10(7-5-9)11(13)8(2)12/h8-10H,3-7H2,1-2H3. The maximum atomic E-state index is 11.6. The maximum absolute atomic E-state index is 11.6. The highest BCUT2D eigenvalue weighted by Gasteiger charge is 2.27. The van der Waals surface area contributed by atoms with Gasteiger partial charge >= 0.3 is 0 Å². The van der Waals surface area contributed by atoms with Gasteiger partial charge in [-0.05, 0) is 38.5 Å². The zero-order valence-electron chi connectivity index (χ0n) is 8.55. The lowest BCUT2D eigenvalue weighted by Gasteiger charge is -2.27. The molecule has 0 spiro atoms. The van der Waals surface area contributed by atoms with E-state index in [1.54, 1.807) is 0 Å². The molecule has 1 rings (SSSR count). The van der Waals surface area contributed by atoms with E-state index in [0.717, 1.165) is 18.8 Å². The summed E-state index contributed by atoms with van der Waals surface area (Å²) in [6.07, 6.45) is 6.03. The Kier molecular flexibility index (Phi) is 4.43. The summed E-state index contributed by atoms with van der Waals surface area (Å²) in [5.41, 5.74) is 0. The molecule has 0 aromatic rings. The van der Waals surface area contributed by atoms with Gasteiger partial charge in [0.2, 0.25) is 0 Å². The molecule has 1 atom stereocenters. The van der Waals surface area contributed by atoms with Crippen LogP contribution in [0.5, 0.6) is 0 Å². The number of Topliss-reactive ketones (excluding diaryl/α,β-unsaturated/α-hetero) is 1. The van der Waals surface area contributed by atoms with Gasteiger partial charge in [0.25, 0.3) is 0 Å². The molecule has 0 aliphatic heterocycles. The first-order valence-corrected chi connectivity index (χ1v) is 6.24. The zero-order valence-corrected chi connectivity index (χ0v) is 10.1. The lowest BCUT2D eigenvalue weighted by atomic mass is 9.78. The van der Waals surface area contributed by atoms with E-state index in [1.807, 2.05) is 6.92 Å². The van der Waals surface area contributed by atoms with Crippen LogP contribution in [0.3, 0.4) is 0 Å². The summed E-state index contributed by atoms with van der Waals surface area (Å²) in [5, 5.41) is 0. The molecule has 0 aromatic carbocycles. The molecule has 76 valence electrons. The predicted molar refractivity (Wildman–Crippen MR) is 59.1 cm³/mol. The van der Waals surface area contributed by atoms with Crippen LogP contribution in [-0.2, 0) is 4.79 Å². The molecule has 0 N–H and O–H groups in total. The quantitative estimate of drug-likeness (QED) is 0.697.